The van der Waals surface area contributed by atoms with Crippen LogP contribution in [0.25, 0.3) is 11.2 Å². The molecule has 0 aliphatic carbocycles. The van der Waals surface area contributed by atoms with Gasteiger partial charge in [0.05, 0.1) is 44.7 Å². The van der Waals surface area contributed by atoms with E-state index in [-0.39, 0.29) is 43.5 Å². The van der Waals surface area contributed by atoms with Crippen LogP contribution in [0.1, 0.15) is 27.2 Å². The van der Waals surface area contributed by atoms with E-state index in [1.54, 1.807) is 24.7 Å². The summed E-state index contributed by atoms with van der Waals surface area (Å²) in [7, 11) is -3.34. The number of nitrogen functional groups attached to an aromatic ring is 1. The summed E-state index contributed by atoms with van der Waals surface area (Å²) < 4.78 is 36.2. The lowest BCUT2D eigenvalue weighted by Gasteiger charge is -2.30. The highest BCUT2D eigenvalue weighted by molar-refractivity contribution is 7.53. The third-order valence-corrected chi connectivity index (χ3v) is 6.34. The van der Waals surface area contributed by atoms with Crippen molar-refractivity contribution in [2.75, 3.05) is 31.9 Å². The van der Waals surface area contributed by atoms with Gasteiger partial charge in [0.25, 0.3) is 0 Å². The van der Waals surface area contributed by atoms with E-state index in [0.29, 0.717) is 36.6 Å². The van der Waals surface area contributed by atoms with Gasteiger partial charge >= 0.3 is 13.6 Å². The van der Waals surface area contributed by atoms with Gasteiger partial charge in [0.2, 0.25) is 0 Å². The van der Waals surface area contributed by atoms with Crippen LogP contribution in [-0.2, 0) is 34.4 Å². The van der Waals surface area contributed by atoms with Gasteiger partial charge in [-0.3, -0.25) is 9.36 Å². The van der Waals surface area contributed by atoms with Crippen molar-refractivity contribution >= 4 is 30.5 Å². The first-order valence-electron chi connectivity index (χ1n) is 9.89. The fourth-order valence-corrected chi connectivity index (χ4v) is 4.73. The summed E-state index contributed by atoms with van der Waals surface area (Å²) in [6, 6.07) is 0. The highest BCUT2D eigenvalue weighted by atomic mass is 31.2. The van der Waals surface area contributed by atoms with E-state index in [1.165, 1.54) is 6.33 Å². The smallest absolute Gasteiger partial charge is 0.356 e. The van der Waals surface area contributed by atoms with Crippen LogP contribution >= 0.6 is 7.60 Å². The average Bonchev–Trinajstić information content (AvgIpc) is 3.13. The number of hydrogen-bond acceptors (Lipinski definition) is 10. The minimum Gasteiger partial charge on any atom is -0.466 e. The second-order valence-electron chi connectivity index (χ2n) is 7.39. The van der Waals surface area contributed by atoms with Crippen molar-refractivity contribution in [2.24, 2.45) is 11.8 Å². The van der Waals surface area contributed by atoms with Crippen molar-refractivity contribution in [1.82, 2.24) is 19.5 Å². The minimum atomic E-state index is -3.34. The van der Waals surface area contributed by atoms with Crippen LogP contribution in [-0.4, -0.2) is 57.8 Å². The van der Waals surface area contributed by atoms with Crippen LogP contribution in [0.3, 0.4) is 0 Å². The molecule has 2 N–H and O–H groups in total. The molecular weight excluding hydrogens is 413 g/mol. The summed E-state index contributed by atoms with van der Waals surface area (Å²) >= 11 is 0. The molecule has 0 saturated carbocycles. The lowest BCUT2D eigenvalue weighted by molar-refractivity contribution is -0.148. The van der Waals surface area contributed by atoms with Crippen molar-refractivity contribution < 1.29 is 27.9 Å². The highest BCUT2D eigenvalue weighted by Crippen LogP contribution is 2.52. The molecule has 1 fully saturated rings. The third-order valence-electron chi connectivity index (χ3n) is 4.79. The summed E-state index contributed by atoms with van der Waals surface area (Å²) in [5.74, 6) is -0.222. The topological polar surface area (TPSA) is 141 Å². The SMILES string of the molecule is CCOC(=O)[C@H](C)CC1COP(=O)(COC(C)Cn2cnc3c(N)ncnc32)OC1. The van der Waals surface area contributed by atoms with Gasteiger partial charge in [0.15, 0.2) is 11.5 Å². The molecule has 3 heterocycles. The number of aromatic nitrogens is 4. The number of hydrogen-bond donors (Lipinski definition) is 1. The Bertz CT molecular complexity index is 910. The first kappa shape index (κ1) is 22.6. The largest absolute Gasteiger partial charge is 0.466 e. The summed E-state index contributed by atoms with van der Waals surface area (Å²) in [6.45, 7) is 6.70. The molecular formula is C18H28N5O6P. The number of imidazole rings is 1. The molecule has 1 unspecified atom stereocenters. The average molecular weight is 441 g/mol. The van der Waals surface area contributed by atoms with E-state index in [9.17, 15) is 9.36 Å². The van der Waals surface area contributed by atoms with E-state index in [4.69, 9.17) is 24.3 Å². The lowest BCUT2D eigenvalue weighted by atomic mass is 9.97. The van der Waals surface area contributed by atoms with E-state index in [0.717, 1.165) is 0 Å². The van der Waals surface area contributed by atoms with Gasteiger partial charge in [-0.15, -0.1) is 0 Å². The molecule has 166 valence electrons. The summed E-state index contributed by atoms with van der Waals surface area (Å²) in [6.07, 6.45) is 3.09. The number of carbonyl (C=O) groups excluding carboxylic acids is 1. The molecule has 0 spiro atoms. The standard InChI is InChI=1S/C18H28N5O6P/c1-4-26-18(24)12(2)5-14-7-28-30(25,29-8-14)11-27-13(3)6-23-10-22-15-16(19)20-9-21-17(15)23/h9-10,12-14H,4-8,11H2,1-3H3,(H2,19,20,21)/t12-,13?,14?,30?/m1/s1. The number of fused-ring (bicyclic) bond motifs is 1. The molecule has 0 bridgehead atoms. The van der Waals surface area contributed by atoms with Crippen LogP contribution in [0.15, 0.2) is 12.7 Å². The summed E-state index contributed by atoms with van der Waals surface area (Å²) in [5.41, 5.74) is 6.93. The zero-order valence-electron chi connectivity index (χ0n) is 17.4. The Morgan fingerprint density at radius 3 is 2.77 bits per heavy atom. The Kier molecular flexibility index (Phi) is 7.41. The van der Waals surface area contributed by atoms with Crippen molar-refractivity contribution in [3.63, 3.8) is 0 Å². The molecule has 0 radical (unpaired) electrons. The Morgan fingerprint density at radius 1 is 1.33 bits per heavy atom. The number of nitrogens with two attached hydrogens (primary N) is 1. The fourth-order valence-electron chi connectivity index (χ4n) is 3.20. The van der Waals surface area contributed by atoms with E-state index in [1.807, 2.05) is 6.92 Å². The molecule has 0 amide bonds. The Hall–Kier alpha value is -2.07. The maximum atomic E-state index is 12.7. The van der Waals surface area contributed by atoms with Crippen molar-refractivity contribution in [1.29, 1.82) is 0 Å². The molecule has 0 aromatic carbocycles. The summed E-state index contributed by atoms with van der Waals surface area (Å²) in [5, 5.41) is 0. The normalized spacial score (nSPS) is 23.9. The number of anilines is 1. The number of nitrogens with zero attached hydrogens (tertiary/aromatic N) is 4. The van der Waals surface area contributed by atoms with Gasteiger partial charge in [-0.05, 0) is 20.3 Å². The van der Waals surface area contributed by atoms with Crippen molar-refractivity contribution in [3.8, 4) is 0 Å². The molecule has 1 aliphatic heterocycles. The molecule has 3 rings (SSSR count). The van der Waals surface area contributed by atoms with Crippen LogP contribution in [0.5, 0.6) is 0 Å². The maximum absolute atomic E-state index is 12.7. The van der Waals surface area contributed by atoms with Crippen LogP contribution in [0, 0.1) is 11.8 Å². The van der Waals surface area contributed by atoms with E-state index >= 15 is 0 Å². The Balaban J connectivity index is 1.46. The van der Waals surface area contributed by atoms with Gasteiger partial charge in [-0.2, -0.15) is 0 Å². The van der Waals surface area contributed by atoms with E-state index in [2.05, 4.69) is 15.0 Å². The maximum Gasteiger partial charge on any atom is 0.356 e. The molecule has 2 atom stereocenters. The zero-order chi connectivity index (χ0) is 21.7. The van der Waals surface area contributed by atoms with Gasteiger partial charge < -0.3 is 28.8 Å². The molecule has 2 aromatic rings. The second-order valence-corrected chi connectivity index (χ2v) is 9.39. The molecule has 11 nitrogen and oxygen atoms in total. The van der Waals surface area contributed by atoms with Crippen molar-refractivity contribution in [2.45, 2.75) is 39.8 Å². The Morgan fingerprint density at radius 2 is 2.07 bits per heavy atom. The van der Waals surface area contributed by atoms with Gasteiger partial charge in [0.1, 0.15) is 18.2 Å². The molecule has 30 heavy (non-hydrogen) atoms. The van der Waals surface area contributed by atoms with Gasteiger partial charge in [-0.1, -0.05) is 6.92 Å². The van der Waals surface area contributed by atoms with E-state index < -0.39 is 7.60 Å². The number of carbonyl (C=O) groups is 1. The zero-order valence-corrected chi connectivity index (χ0v) is 18.3. The first-order chi connectivity index (χ1) is 14.3. The van der Waals surface area contributed by atoms with Crippen LogP contribution < -0.4 is 5.73 Å². The second kappa shape index (κ2) is 9.82. The third kappa shape index (κ3) is 5.54. The minimum absolute atomic E-state index is 0.0219. The van der Waals surface area contributed by atoms with Gasteiger partial charge in [0, 0.05) is 5.92 Å². The molecule has 2 aromatic heterocycles. The predicted octanol–water partition coefficient (Wildman–Crippen LogP) is 2.22. The Labute approximate surface area is 174 Å². The molecule has 12 heteroatoms. The predicted molar refractivity (Wildman–Crippen MR) is 109 cm³/mol. The summed E-state index contributed by atoms with van der Waals surface area (Å²) in [4.78, 5) is 24.1. The molecule has 1 saturated heterocycles. The monoisotopic (exact) mass is 441 g/mol. The quantitative estimate of drug-likeness (QED) is 0.455. The number of esters is 1. The number of ether oxygens (including phenoxy) is 2. The van der Waals surface area contributed by atoms with Gasteiger partial charge in [-0.25, -0.2) is 15.0 Å². The fraction of sp³-hybridized carbons (Fsp3) is 0.667. The first-order valence-corrected chi connectivity index (χ1v) is 11.6. The van der Waals surface area contributed by atoms with Crippen molar-refractivity contribution in [3.05, 3.63) is 12.7 Å². The lowest BCUT2D eigenvalue weighted by Crippen LogP contribution is -2.28. The highest BCUT2D eigenvalue weighted by Gasteiger charge is 2.34. The van der Waals surface area contributed by atoms with Crippen LogP contribution in [0.4, 0.5) is 5.82 Å². The van der Waals surface area contributed by atoms with Crippen LogP contribution in [0.2, 0.25) is 0 Å². The molecule has 1 aliphatic rings. The number of rotatable bonds is 9.